The maximum atomic E-state index is 11.5. The molecule has 0 saturated carbocycles. The summed E-state index contributed by atoms with van der Waals surface area (Å²) in [4.78, 5) is 13.1. The molecule has 3 nitrogen and oxygen atoms in total. The average molecular weight is 270 g/mol. The highest BCUT2D eigenvalue weighted by molar-refractivity contribution is 6.30. The van der Waals surface area contributed by atoms with Crippen LogP contribution in [0.3, 0.4) is 0 Å². The van der Waals surface area contributed by atoms with Crippen LogP contribution in [-0.2, 0) is 4.79 Å². The van der Waals surface area contributed by atoms with E-state index in [2.05, 4.69) is 6.92 Å². The van der Waals surface area contributed by atoms with E-state index in [1.807, 2.05) is 25.1 Å². The van der Waals surface area contributed by atoms with Gasteiger partial charge in [0.1, 0.15) is 17.7 Å². The van der Waals surface area contributed by atoms with Crippen molar-refractivity contribution < 1.29 is 9.53 Å². The van der Waals surface area contributed by atoms with Crippen LogP contribution >= 0.6 is 11.6 Å². The van der Waals surface area contributed by atoms with E-state index in [1.165, 1.54) is 11.1 Å². The molecule has 0 saturated heterocycles. The van der Waals surface area contributed by atoms with E-state index in [1.54, 1.807) is 18.9 Å². The van der Waals surface area contributed by atoms with Crippen LogP contribution in [0.2, 0.25) is 0 Å². The molecule has 1 aromatic rings. The Hall–Kier alpha value is -1.22. The minimum Gasteiger partial charge on any atom is -0.492 e. The van der Waals surface area contributed by atoms with Crippen molar-refractivity contribution in [2.75, 3.05) is 20.2 Å². The number of hydrogen-bond acceptors (Lipinski definition) is 2. The van der Waals surface area contributed by atoms with Gasteiger partial charge in [0.2, 0.25) is 5.91 Å². The monoisotopic (exact) mass is 269 g/mol. The number of hydrogen-bond donors (Lipinski definition) is 0. The van der Waals surface area contributed by atoms with Crippen molar-refractivity contribution in [3.05, 3.63) is 29.3 Å². The molecule has 18 heavy (non-hydrogen) atoms. The highest BCUT2D eigenvalue weighted by atomic mass is 35.5. The third-order valence-electron chi connectivity index (χ3n) is 2.89. The van der Waals surface area contributed by atoms with Gasteiger partial charge in [0.05, 0.1) is 6.54 Å². The van der Waals surface area contributed by atoms with Gasteiger partial charge < -0.3 is 9.64 Å². The summed E-state index contributed by atoms with van der Waals surface area (Å²) in [6.07, 6.45) is 0. The van der Waals surface area contributed by atoms with Crippen LogP contribution in [0, 0.1) is 13.8 Å². The number of carbonyl (C=O) groups is 1. The van der Waals surface area contributed by atoms with Gasteiger partial charge in [-0.15, -0.1) is 11.6 Å². The second-order valence-corrected chi connectivity index (χ2v) is 5.12. The van der Waals surface area contributed by atoms with Crippen LogP contribution in [0.4, 0.5) is 0 Å². The van der Waals surface area contributed by atoms with Gasteiger partial charge in [-0.3, -0.25) is 4.79 Å². The Morgan fingerprint density at radius 1 is 1.39 bits per heavy atom. The molecular formula is C14H20ClNO2. The van der Waals surface area contributed by atoms with Crippen molar-refractivity contribution >= 4 is 17.5 Å². The SMILES string of the molecule is Cc1ccc(OCCN(C)C(=O)C(C)Cl)cc1C. The predicted octanol–water partition coefficient (Wildman–Crippen LogP) is 2.77. The van der Waals surface area contributed by atoms with Crippen LogP contribution in [0.5, 0.6) is 5.75 Å². The van der Waals surface area contributed by atoms with Gasteiger partial charge in [-0.1, -0.05) is 6.07 Å². The number of halogens is 1. The molecule has 1 aromatic carbocycles. The van der Waals surface area contributed by atoms with Crippen LogP contribution in [0.1, 0.15) is 18.1 Å². The van der Waals surface area contributed by atoms with Gasteiger partial charge in [-0.25, -0.2) is 0 Å². The van der Waals surface area contributed by atoms with Crippen LogP contribution in [0.15, 0.2) is 18.2 Å². The number of amides is 1. The zero-order valence-corrected chi connectivity index (χ0v) is 12.1. The summed E-state index contributed by atoms with van der Waals surface area (Å²) >= 11 is 5.73. The van der Waals surface area contributed by atoms with E-state index in [4.69, 9.17) is 16.3 Å². The van der Waals surface area contributed by atoms with Gasteiger partial charge in [0.15, 0.2) is 0 Å². The summed E-state index contributed by atoms with van der Waals surface area (Å²) in [7, 11) is 1.73. The number of aryl methyl sites for hydroxylation is 2. The van der Waals surface area contributed by atoms with E-state index in [0.717, 1.165) is 5.75 Å². The van der Waals surface area contributed by atoms with Gasteiger partial charge in [-0.05, 0) is 44.0 Å². The molecule has 1 rings (SSSR count). The zero-order valence-electron chi connectivity index (χ0n) is 11.4. The van der Waals surface area contributed by atoms with Gasteiger partial charge in [-0.2, -0.15) is 0 Å². The first-order valence-corrected chi connectivity index (χ1v) is 6.44. The topological polar surface area (TPSA) is 29.5 Å². The molecule has 1 amide bonds. The van der Waals surface area contributed by atoms with Gasteiger partial charge >= 0.3 is 0 Å². The Kier molecular flexibility index (Phi) is 5.48. The Labute approximate surface area is 114 Å². The van der Waals surface area contributed by atoms with Crippen molar-refractivity contribution in [1.29, 1.82) is 0 Å². The fourth-order valence-corrected chi connectivity index (χ4v) is 1.68. The van der Waals surface area contributed by atoms with Crippen molar-refractivity contribution in [3.63, 3.8) is 0 Å². The van der Waals surface area contributed by atoms with Crippen molar-refractivity contribution in [2.24, 2.45) is 0 Å². The highest BCUT2D eigenvalue weighted by Crippen LogP contribution is 2.16. The molecule has 0 aliphatic rings. The zero-order chi connectivity index (χ0) is 13.7. The largest absolute Gasteiger partial charge is 0.492 e. The number of carbonyl (C=O) groups excluding carboxylic acids is 1. The minimum absolute atomic E-state index is 0.0830. The number of ether oxygens (including phenoxy) is 1. The van der Waals surface area contributed by atoms with Crippen molar-refractivity contribution in [2.45, 2.75) is 26.1 Å². The van der Waals surface area contributed by atoms with Crippen LogP contribution in [0.25, 0.3) is 0 Å². The van der Waals surface area contributed by atoms with E-state index >= 15 is 0 Å². The normalized spacial score (nSPS) is 12.1. The molecule has 0 radical (unpaired) electrons. The molecule has 0 heterocycles. The van der Waals surface area contributed by atoms with E-state index in [0.29, 0.717) is 13.2 Å². The minimum atomic E-state index is -0.489. The quantitative estimate of drug-likeness (QED) is 0.770. The summed E-state index contributed by atoms with van der Waals surface area (Å²) in [6.45, 7) is 6.78. The molecule has 0 bridgehead atoms. The maximum absolute atomic E-state index is 11.5. The standard InChI is InChI=1S/C14H20ClNO2/c1-10-5-6-13(9-11(10)2)18-8-7-16(4)14(17)12(3)15/h5-6,9,12H,7-8H2,1-4H3. The van der Waals surface area contributed by atoms with Gasteiger partial charge in [0.25, 0.3) is 0 Å². The number of likely N-dealkylation sites (N-methyl/N-ethyl adjacent to an activating group) is 1. The summed E-state index contributed by atoms with van der Waals surface area (Å²) in [5.74, 6) is 0.748. The first-order chi connectivity index (χ1) is 8.41. The summed E-state index contributed by atoms with van der Waals surface area (Å²) < 4.78 is 5.61. The third kappa shape index (κ3) is 4.22. The Morgan fingerprint density at radius 3 is 2.61 bits per heavy atom. The van der Waals surface area contributed by atoms with Gasteiger partial charge in [0, 0.05) is 7.05 Å². The molecule has 0 N–H and O–H groups in total. The Bertz CT molecular complexity index is 418. The van der Waals surface area contributed by atoms with Crippen LogP contribution < -0.4 is 4.74 Å². The van der Waals surface area contributed by atoms with Crippen molar-refractivity contribution in [1.82, 2.24) is 4.90 Å². The smallest absolute Gasteiger partial charge is 0.240 e. The summed E-state index contributed by atoms with van der Waals surface area (Å²) in [5.41, 5.74) is 2.44. The molecule has 1 unspecified atom stereocenters. The molecule has 0 aliphatic carbocycles. The first-order valence-electron chi connectivity index (χ1n) is 6.01. The number of rotatable bonds is 5. The third-order valence-corrected chi connectivity index (χ3v) is 3.08. The molecule has 0 aromatic heterocycles. The van der Waals surface area contributed by atoms with E-state index < -0.39 is 5.38 Å². The fourth-order valence-electron chi connectivity index (χ4n) is 1.52. The van der Waals surface area contributed by atoms with Crippen LogP contribution in [-0.4, -0.2) is 36.4 Å². The Balaban J connectivity index is 2.42. The Morgan fingerprint density at radius 2 is 2.06 bits per heavy atom. The maximum Gasteiger partial charge on any atom is 0.240 e. The average Bonchev–Trinajstić information content (AvgIpc) is 2.32. The number of alkyl halides is 1. The molecule has 0 aliphatic heterocycles. The molecule has 100 valence electrons. The molecule has 4 heteroatoms. The molecule has 1 atom stereocenters. The van der Waals surface area contributed by atoms with Crippen molar-refractivity contribution in [3.8, 4) is 5.75 Å². The lowest BCUT2D eigenvalue weighted by Gasteiger charge is -2.18. The second kappa shape index (κ2) is 6.64. The summed E-state index contributed by atoms with van der Waals surface area (Å²) in [5, 5.41) is -0.489. The second-order valence-electron chi connectivity index (χ2n) is 4.47. The molecule has 0 spiro atoms. The van der Waals surface area contributed by atoms with E-state index in [9.17, 15) is 4.79 Å². The summed E-state index contributed by atoms with van der Waals surface area (Å²) in [6, 6.07) is 5.97. The number of benzene rings is 1. The highest BCUT2D eigenvalue weighted by Gasteiger charge is 2.14. The molecular weight excluding hydrogens is 250 g/mol. The molecule has 0 fully saturated rings. The lowest BCUT2D eigenvalue weighted by Crippen LogP contribution is -2.35. The fraction of sp³-hybridized carbons (Fsp3) is 0.500. The number of nitrogens with zero attached hydrogens (tertiary/aromatic N) is 1. The van der Waals surface area contributed by atoms with E-state index in [-0.39, 0.29) is 5.91 Å². The first kappa shape index (κ1) is 14.8. The lowest BCUT2D eigenvalue weighted by molar-refractivity contribution is -0.129. The lowest BCUT2D eigenvalue weighted by atomic mass is 10.1. The predicted molar refractivity (Wildman–Crippen MR) is 74.4 cm³/mol.